The third-order valence-corrected chi connectivity index (χ3v) is 6.26. The van der Waals surface area contributed by atoms with Crippen LogP contribution in [0.1, 0.15) is 18.9 Å². The van der Waals surface area contributed by atoms with Gasteiger partial charge in [-0.2, -0.15) is 0 Å². The van der Waals surface area contributed by atoms with Gasteiger partial charge in [-0.05, 0) is 55.8 Å². The number of piperazine rings is 1. The first-order valence-electron chi connectivity index (χ1n) is 10.3. The van der Waals surface area contributed by atoms with Gasteiger partial charge < -0.3 is 15.1 Å². The van der Waals surface area contributed by atoms with Gasteiger partial charge in [0.25, 0.3) is 0 Å². The zero-order valence-electron chi connectivity index (χ0n) is 17.4. The van der Waals surface area contributed by atoms with Gasteiger partial charge >= 0.3 is 6.03 Å². The van der Waals surface area contributed by atoms with E-state index in [0.717, 1.165) is 18.5 Å². The second-order valence-electron chi connectivity index (χ2n) is 8.20. The number of urea groups is 1. The Hall–Kier alpha value is -2.93. The fourth-order valence-electron chi connectivity index (χ4n) is 4.38. The second-order valence-corrected chi connectivity index (χ2v) is 8.20. The molecule has 3 amide bonds. The standard InChI is InChI=1S/C23H27FN4O2/c1-3-17-6-4-8-19(12-17)25-22(30)27-11-10-23(15-27)16-28(21(29)14-26(23)2)20-9-5-7-18(24)13-20/h4-9,12-13H,3,10-11,14-16H2,1-2H3,(H,25,30)/t23-/m0/s1. The molecule has 0 unspecified atom stereocenters. The van der Waals surface area contributed by atoms with Gasteiger partial charge in [-0.1, -0.05) is 25.1 Å². The van der Waals surface area contributed by atoms with Crippen molar-refractivity contribution in [3.63, 3.8) is 0 Å². The summed E-state index contributed by atoms with van der Waals surface area (Å²) in [6.07, 6.45) is 1.66. The highest BCUT2D eigenvalue weighted by molar-refractivity contribution is 5.96. The highest BCUT2D eigenvalue weighted by atomic mass is 19.1. The number of benzene rings is 2. The molecular formula is C23H27FN4O2. The number of carbonyl (C=O) groups is 2. The van der Waals surface area contributed by atoms with Crippen LogP contribution in [0.15, 0.2) is 48.5 Å². The van der Waals surface area contributed by atoms with E-state index in [1.165, 1.54) is 17.7 Å². The minimum atomic E-state index is -0.366. The Kier molecular flexibility index (Phi) is 5.47. The minimum absolute atomic E-state index is 0.0620. The van der Waals surface area contributed by atoms with Crippen LogP contribution >= 0.6 is 0 Å². The largest absolute Gasteiger partial charge is 0.323 e. The Bertz CT molecular complexity index is 966. The molecule has 158 valence electrons. The number of carbonyl (C=O) groups excluding carboxylic acids is 2. The van der Waals surface area contributed by atoms with Crippen LogP contribution in [0, 0.1) is 5.82 Å². The number of aryl methyl sites for hydroxylation is 1. The molecule has 2 fully saturated rings. The molecule has 1 spiro atoms. The van der Waals surface area contributed by atoms with Crippen molar-refractivity contribution in [2.75, 3.05) is 43.4 Å². The van der Waals surface area contributed by atoms with Crippen LogP contribution in [-0.2, 0) is 11.2 Å². The third-order valence-electron chi connectivity index (χ3n) is 6.26. The number of amides is 3. The van der Waals surface area contributed by atoms with Crippen molar-refractivity contribution in [1.82, 2.24) is 9.80 Å². The molecule has 0 aliphatic carbocycles. The van der Waals surface area contributed by atoms with E-state index in [1.54, 1.807) is 21.9 Å². The topological polar surface area (TPSA) is 55.9 Å². The number of rotatable bonds is 3. The second kappa shape index (κ2) is 8.07. The maximum atomic E-state index is 13.7. The highest BCUT2D eigenvalue weighted by Crippen LogP contribution is 2.33. The smallest absolute Gasteiger partial charge is 0.321 e. The van der Waals surface area contributed by atoms with Gasteiger partial charge in [0.1, 0.15) is 5.82 Å². The molecule has 4 rings (SSSR count). The lowest BCUT2D eigenvalue weighted by Crippen LogP contribution is -2.64. The molecule has 6 nitrogen and oxygen atoms in total. The van der Waals surface area contributed by atoms with Gasteiger partial charge in [0.15, 0.2) is 0 Å². The van der Waals surface area contributed by atoms with Crippen LogP contribution in [0.5, 0.6) is 0 Å². The van der Waals surface area contributed by atoms with Crippen LogP contribution in [-0.4, -0.2) is 60.5 Å². The first-order chi connectivity index (χ1) is 14.4. The van der Waals surface area contributed by atoms with E-state index in [1.807, 2.05) is 36.2 Å². The summed E-state index contributed by atoms with van der Waals surface area (Å²) < 4.78 is 13.7. The summed E-state index contributed by atoms with van der Waals surface area (Å²) in [6, 6.07) is 13.8. The maximum absolute atomic E-state index is 13.7. The van der Waals surface area contributed by atoms with Crippen molar-refractivity contribution in [3.8, 4) is 0 Å². The molecule has 2 aliphatic rings. The number of hydrogen-bond acceptors (Lipinski definition) is 3. The predicted octanol–water partition coefficient (Wildman–Crippen LogP) is 3.34. The summed E-state index contributed by atoms with van der Waals surface area (Å²) >= 11 is 0. The monoisotopic (exact) mass is 410 g/mol. The Balaban J connectivity index is 1.49. The molecule has 2 aliphatic heterocycles. The number of hydrogen-bond donors (Lipinski definition) is 1. The zero-order valence-corrected chi connectivity index (χ0v) is 17.4. The SMILES string of the molecule is CCc1cccc(NC(=O)N2CC[C@]3(C2)CN(c2cccc(F)c2)C(=O)CN3C)c1. The fourth-order valence-corrected chi connectivity index (χ4v) is 4.38. The lowest BCUT2D eigenvalue weighted by Gasteiger charge is -2.46. The Morgan fingerprint density at radius 2 is 1.97 bits per heavy atom. The summed E-state index contributed by atoms with van der Waals surface area (Å²) in [5, 5.41) is 2.99. The maximum Gasteiger partial charge on any atom is 0.321 e. The predicted molar refractivity (Wildman–Crippen MR) is 115 cm³/mol. The number of nitrogens with zero attached hydrogens (tertiary/aromatic N) is 3. The van der Waals surface area contributed by atoms with Gasteiger partial charge in [-0.15, -0.1) is 0 Å². The normalized spacial score (nSPS) is 22.0. The number of nitrogens with one attached hydrogen (secondary N) is 1. The molecule has 1 N–H and O–H groups in total. The van der Waals surface area contributed by atoms with Crippen LogP contribution in [0.3, 0.4) is 0 Å². The summed E-state index contributed by atoms with van der Waals surface area (Å²) in [4.78, 5) is 31.0. The van der Waals surface area contributed by atoms with E-state index < -0.39 is 0 Å². The van der Waals surface area contributed by atoms with E-state index >= 15 is 0 Å². The van der Waals surface area contributed by atoms with Crippen molar-refractivity contribution in [1.29, 1.82) is 0 Å². The molecule has 0 bridgehead atoms. The van der Waals surface area contributed by atoms with E-state index in [4.69, 9.17) is 0 Å². The van der Waals surface area contributed by atoms with E-state index in [2.05, 4.69) is 12.2 Å². The van der Waals surface area contributed by atoms with E-state index in [9.17, 15) is 14.0 Å². The summed E-state index contributed by atoms with van der Waals surface area (Å²) in [7, 11) is 1.92. The average molecular weight is 410 g/mol. The summed E-state index contributed by atoms with van der Waals surface area (Å²) in [5.41, 5.74) is 2.17. The Morgan fingerprint density at radius 1 is 1.17 bits per heavy atom. The quantitative estimate of drug-likeness (QED) is 0.844. The first kappa shape index (κ1) is 20.3. The molecule has 2 aromatic rings. The first-order valence-corrected chi connectivity index (χ1v) is 10.3. The molecule has 2 heterocycles. The molecule has 2 aromatic carbocycles. The van der Waals surface area contributed by atoms with E-state index in [-0.39, 0.29) is 29.8 Å². The van der Waals surface area contributed by atoms with Crippen molar-refractivity contribution < 1.29 is 14.0 Å². The van der Waals surface area contributed by atoms with Crippen molar-refractivity contribution in [3.05, 3.63) is 59.9 Å². The van der Waals surface area contributed by atoms with Gasteiger partial charge in [0.05, 0.1) is 12.1 Å². The van der Waals surface area contributed by atoms with Gasteiger partial charge in [-0.25, -0.2) is 9.18 Å². The molecule has 0 saturated carbocycles. The Morgan fingerprint density at radius 3 is 2.73 bits per heavy atom. The molecule has 7 heteroatoms. The molecule has 30 heavy (non-hydrogen) atoms. The fraction of sp³-hybridized carbons (Fsp3) is 0.391. The number of likely N-dealkylation sites (N-methyl/N-ethyl adjacent to an activating group) is 1. The lowest BCUT2D eigenvalue weighted by atomic mass is 9.92. The highest BCUT2D eigenvalue weighted by Gasteiger charge is 2.48. The van der Waals surface area contributed by atoms with Gasteiger partial charge in [0.2, 0.25) is 5.91 Å². The van der Waals surface area contributed by atoms with Crippen molar-refractivity contribution in [2.24, 2.45) is 0 Å². The molecule has 2 saturated heterocycles. The third kappa shape index (κ3) is 3.89. The number of anilines is 2. The van der Waals surface area contributed by atoms with Crippen molar-refractivity contribution >= 4 is 23.3 Å². The van der Waals surface area contributed by atoms with Gasteiger partial charge in [-0.3, -0.25) is 9.69 Å². The molecular weight excluding hydrogens is 383 g/mol. The average Bonchev–Trinajstić information content (AvgIpc) is 3.16. The van der Waals surface area contributed by atoms with Gasteiger partial charge in [0, 0.05) is 31.0 Å². The zero-order chi connectivity index (χ0) is 21.3. The summed E-state index contributed by atoms with van der Waals surface area (Å²) in [6.45, 7) is 3.87. The summed E-state index contributed by atoms with van der Waals surface area (Å²) in [5.74, 6) is -0.428. The van der Waals surface area contributed by atoms with E-state index in [0.29, 0.717) is 25.3 Å². The van der Waals surface area contributed by atoms with Crippen LogP contribution in [0.2, 0.25) is 0 Å². The number of halogens is 1. The van der Waals surface area contributed by atoms with Crippen LogP contribution in [0.25, 0.3) is 0 Å². The molecule has 0 radical (unpaired) electrons. The van der Waals surface area contributed by atoms with Crippen molar-refractivity contribution in [2.45, 2.75) is 25.3 Å². The Labute approximate surface area is 176 Å². The lowest BCUT2D eigenvalue weighted by molar-refractivity contribution is -0.123. The molecule has 1 atom stereocenters. The van der Waals surface area contributed by atoms with Crippen LogP contribution < -0.4 is 10.2 Å². The molecule has 0 aromatic heterocycles. The van der Waals surface area contributed by atoms with Crippen LogP contribution in [0.4, 0.5) is 20.6 Å². The number of likely N-dealkylation sites (tertiary alicyclic amines) is 1. The minimum Gasteiger partial charge on any atom is -0.323 e.